The molecule has 0 saturated heterocycles. The van der Waals surface area contributed by atoms with Gasteiger partial charge in [0.15, 0.2) is 5.78 Å². The number of halogens is 1. The molecule has 0 radical (unpaired) electrons. The van der Waals surface area contributed by atoms with E-state index in [0.29, 0.717) is 12.4 Å². The number of rotatable bonds is 11. The van der Waals surface area contributed by atoms with E-state index in [9.17, 15) is 4.79 Å². The lowest BCUT2D eigenvalue weighted by Gasteiger charge is -2.33. The first-order valence-corrected chi connectivity index (χ1v) is 9.78. The Morgan fingerprint density at radius 2 is 1.68 bits per heavy atom. The quantitative estimate of drug-likeness (QED) is 0.246. The molecule has 1 unspecified atom stereocenters. The Kier molecular flexibility index (Phi) is 8.91. The van der Waals surface area contributed by atoms with Crippen LogP contribution in [-0.2, 0) is 9.53 Å². The Morgan fingerprint density at radius 3 is 2.23 bits per heavy atom. The maximum Gasteiger partial charge on any atom is 0.162 e. The first kappa shape index (κ1) is 19.9. The van der Waals surface area contributed by atoms with Gasteiger partial charge in [0.1, 0.15) is 0 Å². The van der Waals surface area contributed by atoms with Crippen molar-refractivity contribution >= 4 is 28.4 Å². The van der Waals surface area contributed by atoms with E-state index in [4.69, 9.17) is 4.74 Å². The van der Waals surface area contributed by atoms with Gasteiger partial charge in [0.2, 0.25) is 0 Å². The van der Waals surface area contributed by atoms with Crippen LogP contribution >= 0.6 is 22.6 Å². The Hall–Kier alpha value is -0.160. The largest absolute Gasteiger partial charge is 0.383 e. The van der Waals surface area contributed by atoms with Crippen molar-refractivity contribution in [1.29, 1.82) is 0 Å². The number of carbonyl (C=O) groups is 1. The van der Waals surface area contributed by atoms with Gasteiger partial charge >= 0.3 is 0 Å². The van der Waals surface area contributed by atoms with Crippen molar-refractivity contribution in [3.63, 3.8) is 0 Å². The molecule has 0 heterocycles. The van der Waals surface area contributed by atoms with Crippen molar-refractivity contribution in [2.75, 3.05) is 13.7 Å². The highest BCUT2D eigenvalue weighted by Crippen LogP contribution is 2.43. The average Bonchev–Trinajstić information content (AvgIpc) is 2.79. The lowest BCUT2D eigenvalue weighted by Crippen LogP contribution is -2.41. The molecular formula is C19H31IO2. The Balaban J connectivity index is 2.56. The third-order valence-electron chi connectivity index (χ3n) is 4.81. The third-order valence-corrected chi connectivity index (χ3v) is 6.00. The molecule has 0 aromatic heterocycles. The van der Waals surface area contributed by atoms with Crippen molar-refractivity contribution in [3.8, 4) is 0 Å². The second-order valence-corrected chi connectivity index (χ2v) is 7.93. The number of hydrogen-bond donors (Lipinski definition) is 0. The molecule has 0 aliphatic heterocycles. The highest BCUT2D eigenvalue weighted by atomic mass is 127. The van der Waals surface area contributed by atoms with Crippen LogP contribution in [0, 0.1) is 5.41 Å². The van der Waals surface area contributed by atoms with Gasteiger partial charge < -0.3 is 4.74 Å². The summed E-state index contributed by atoms with van der Waals surface area (Å²) >= 11 is 2.34. The van der Waals surface area contributed by atoms with Gasteiger partial charge in [-0.3, -0.25) is 4.79 Å². The lowest BCUT2D eigenvalue weighted by molar-refractivity contribution is -0.126. The highest BCUT2D eigenvalue weighted by molar-refractivity contribution is 14.1. The topological polar surface area (TPSA) is 26.3 Å². The minimum absolute atomic E-state index is 0.0729. The number of methoxy groups -OCH3 is 1. The van der Waals surface area contributed by atoms with Crippen molar-refractivity contribution < 1.29 is 9.53 Å². The van der Waals surface area contributed by atoms with Crippen molar-refractivity contribution in [3.05, 3.63) is 23.3 Å². The molecule has 126 valence electrons. The molecule has 1 aliphatic carbocycles. The highest BCUT2D eigenvalue weighted by Gasteiger charge is 2.45. The summed E-state index contributed by atoms with van der Waals surface area (Å²) in [6.07, 6.45) is 12.8. The minimum Gasteiger partial charge on any atom is -0.383 e. The van der Waals surface area contributed by atoms with Gasteiger partial charge in [-0.1, -0.05) is 91.3 Å². The second-order valence-electron chi connectivity index (χ2n) is 6.43. The number of allylic oxidation sites excluding steroid dienone is 2. The number of ketones is 1. The maximum absolute atomic E-state index is 13.1. The van der Waals surface area contributed by atoms with E-state index >= 15 is 0 Å². The fraction of sp³-hybridized carbons (Fsp3) is 0.737. The zero-order valence-electron chi connectivity index (χ0n) is 14.6. The van der Waals surface area contributed by atoms with Crippen LogP contribution < -0.4 is 0 Å². The molecule has 1 aliphatic rings. The Bertz CT molecular complexity index is 405. The predicted molar refractivity (Wildman–Crippen MR) is 103 cm³/mol. The molecule has 1 rings (SSSR count). The predicted octanol–water partition coefficient (Wildman–Crippen LogP) is 5.65. The summed E-state index contributed by atoms with van der Waals surface area (Å²) in [6, 6.07) is 0. The van der Waals surface area contributed by atoms with Crippen LogP contribution in [0.25, 0.3) is 0 Å². The number of carbonyl (C=O) groups excluding carboxylic acids is 1. The fourth-order valence-corrected chi connectivity index (χ4v) is 4.22. The number of ether oxygens (including phenoxy) is 1. The summed E-state index contributed by atoms with van der Waals surface area (Å²) in [5, 5.41) is 0. The van der Waals surface area contributed by atoms with E-state index in [1.54, 1.807) is 7.11 Å². The number of unbranched alkanes of at least 4 members (excludes halogenated alkanes) is 5. The molecule has 0 fully saturated rings. The van der Waals surface area contributed by atoms with E-state index in [-0.39, 0.29) is 3.92 Å². The Labute approximate surface area is 149 Å². The molecule has 0 amide bonds. The smallest absolute Gasteiger partial charge is 0.162 e. The zero-order valence-corrected chi connectivity index (χ0v) is 16.7. The molecule has 0 aromatic rings. The summed E-state index contributed by atoms with van der Waals surface area (Å²) in [4.78, 5) is 13.1. The molecule has 22 heavy (non-hydrogen) atoms. The third kappa shape index (κ3) is 4.67. The van der Waals surface area contributed by atoms with Gasteiger partial charge in [0.05, 0.1) is 15.9 Å². The SMILES string of the molecule is CCCCCCCCC(I)C(=O)C1(COC)C(C)=CC=C1C. The van der Waals surface area contributed by atoms with Crippen molar-refractivity contribution in [2.45, 2.75) is 69.6 Å². The van der Waals surface area contributed by atoms with E-state index < -0.39 is 5.41 Å². The van der Waals surface area contributed by atoms with Crippen LogP contribution in [0.4, 0.5) is 0 Å². The maximum atomic E-state index is 13.1. The van der Waals surface area contributed by atoms with Crippen LogP contribution in [0.5, 0.6) is 0 Å². The number of alkyl halides is 1. The summed E-state index contributed by atoms with van der Waals surface area (Å²) in [7, 11) is 1.68. The summed E-state index contributed by atoms with van der Waals surface area (Å²) in [5.41, 5.74) is 1.74. The van der Waals surface area contributed by atoms with Crippen molar-refractivity contribution in [2.24, 2.45) is 5.41 Å². The molecular weight excluding hydrogens is 387 g/mol. The minimum atomic E-state index is -0.511. The second kappa shape index (κ2) is 9.86. The molecule has 2 nitrogen and oxygen atoms in total. The first-order chi connectivity index (χ1) is 10.5. The van der Waals surface area contributed by atoms with Gasteiger partial charge in [-0.05, 0) is 20.3 Å². The number of Topliss-reactive ketones (excluding diaryl/α,β-unsaturated/α-hetero) is 1. The molecule has 1 atom stereocenters. The van der Waals surface area contributed by atoms with E-state index in [1.807, 2.05) is 0 Å². The van der Waals surface area contributed by atoms with Crippen LogP contribution in [-0.4, -0.2) is 23.4 Å². The summed E-state index contributed by atoms with van der Waals surface area (Å²) in [6.45, 7) is 6.81. The molecule has 0 spiro atoms. The average molecular weight is 418 g/mol. The lowest BCUT2D eigenvalue weighted by atomic mass is 9.73. The van der Waals surface area contributed by atoms with Gasteiger partial charge in [0, 0.05) is 7.11 Å². The summed E-state index contributed by atoms with van der Waals surface area (Å²) < 4.78 is 5.48. The molecule has 3 heteroatoms. The zero-order chi connectivity index (χ0) is 16.6. The van der Waals surface area contributed by atoms with Gasteiger partial charge in [-0.2, -0.15) is 0 Å². The molecule has 0 saturated carbocycles. The van der Waals surface area contributed by atoms with Gasteiger partial charge in [-0.15, -0.1) is 0 Å². The van der Waals surface area contributed by atoms with E-state index in [0.717, 1.165) is 24.0 Å². The van der Waals surface area contributed by atoms with E-state index in [2.05, 4.69) is 55.5 Å². The van der Waals surface area contributed by atoms with Gasteiger partial charge in [0.25, 0.3) is 0 Å². The molecule has 0 bridgehead atoms. The molecule has 0 N–H and O–H groups in total. The molecule has 0 aromatic carbocycles. The fourth-order valence-electron chi connectivity index (χ4n) is 3.25. The standard InChI is InChI=1S/C19H31IO2/c1-5-6-7-8-9-10-11-17(20)18(21)19(14-22-4)15(2)12-13-16(19)3/h12-13,17H,5-11,14H2,1-4H3. The van der Waals surface area contributed by atoms with Crippen molar-refractivity contribution in [1.82, 2.24) is 0 Å². The normalized spacial score (nSPS) is 18.0. The summed E-state index contributed by atoms with van der Waals surface area (Å²) in [5.74, 6) is 0.323. The van der Waals surface area contributed by atoms with E-state index in [1.165, 1.54) is 32.1 Å². The number of hydrogen-bond acceptors (Lipinski definition) is 2. The van der Waals surface area contributed by atoms with Crippen LogP contribution in [0.2, 0.25) is 0 Å². The first-order valence-electron chi connectivity index (χ1n) is 8.54. The van der Waals surface area contributed by atoms with Gasteiger partial charge in [-0.25, -0.2) is 0 Å². The monoisotopic (exact) mass is 418 g/mol. The van der Waals surface area contributed by atoms with Crippen LogP contribution in [0.15, 0.2) is 23.3 Å². The van der Waals surface area contributed by atoms with Crippen LogP contribution in [0.1, 0.15) is 65.7 Å². The van der Waals surface area contributed by atoms with Crippen LogP contribution in [0.3, 0.4) is 0 Å². The Morgan fingerprint density at radius 1 is 1.14 bits per heavy atom.